The molecule has 0 saturated heterocycles. The zero-order valence-electron chi connectivity index (χ0n) is 12.8. The largest absolute Gasteiger partial charge is 0.454 e. The van der Waals surface area contributed by atoms with Crippen LogP contribution >= 0.6 is 11.3 Å². The lowest BCUT2D eigenvalue weighted by Crippen LogP contribution is -2.19. The molecule has 25 heavy (non-hydrogen) atoms. The molecule has 0 aliphatic carbocycles. The van der Waals surface area contributed by atoms with Gasteiger partial charge >= 0.3 is 6.03 Å². The maximum Gasteiger partial charge on any atom is 0.325 e. The predicted octanol–water partition coefficient (Wildman–Crippen LogP) is 5.34. The second-order valence-electron chi connectivity index (χ2n) is 5.28. The lowest BCUT2D eigenvalue weighted by Gasteiger charge is -2.04. The van der Waals surface area contributed by atoms with Crippen molar-refractivity contribution in [3.05, 3.63) is 65.8 Å². The lowest BCUT2D eigenvalue weighted by atomic mass is 10.2. The highest BCUT2D eigenvalue weighted by Gasteiger charge is 2.12. The Balaban J connectivity index is 1.48. The van der Waals surface area contributed by atoms with E-state index in [1.807, 2.05) is 30.3 Å². The molecule has 2 N–H and O–H groups in total. The van der Waals surface area contributed by atoms with Gasteiger partial charge in [0.25, 0.3) is 0 Å². The minimum Gasteiger partial charge on any atom is -0.454 e. The number of carbonyl (C=O) groups is 1. The van der Waals surface area contributed by atoms with E-state index in [9.17, 15) is 9.18 Å². The number of aromatic nitrogens is 1. The van der Waals surface area contributed by atoms with E-state index in [1.165, 1.54) is 29.5 Å². The molecule has 7 heteroatoms. The molecule has 2 heterocycles. The highest BCUT2D eigenvalue weighted by molar-refractivity contribution is 7.14. The Hall–Kier alpha value is -3.19. The summed E-state index contributed by atoms with van der Waals surface area (Å²) in [5.74, 6) is 0.218. The monoisotopic (exact) mass is 353 g/mol. The van der Waals surface area contributed by atoms with Crippen molar-refractivity contribution in [1.82, 2.24) is 4.98 Å². The number of benzene rings is 2. The zero-order valence-corrected chi connectivity index (χ0v) is 13.6. The first-order valence-corrected chi connectivity index (χ1v) is 8.33. The number of fused-ring (bicyclic) bond motifs is 1. The van der Waals surface area contributed by atoms with Crippen LogP contribution in [0.15, 0.2) is 64.4 Å². The van der Waals surface area contributed by atoms with Crippen molar-refractivity contribution < 1.29 is 13.6 Å². The number of furan rings is 1. The Labute approximate surface area is 146 Å². The Morgan fingerprint density at radius 2 is 1.96 bits per heavy atom. The molecule has 0 unspecified atom stereocenters. The molecule has 0 spiro atoms. The summed E-state index contributed by atoms with van der Waals surface area (Å²) < 4.78 is 18.9. The van der Waals surface area contributed by atoms with Crippen LogP contribution in [0.1, 0.15) is 0 Å². The number of rotatable bonds is 3. The number of anilines is 2. The molecule has 2 aromatic heterocycles. The Morgan fingerprint density at radius 1 is 1.08 bits per heavy atom. The van der Waals surface area contributed by atoms with Gasteiger partial charge in [0, 0.05) is 16.5 Å². The van der Waals surface area contributed by atoms with Gasteiger partial charge < -0.3 is 9.73 Å². The second-order valence-corrected chi connectivity index (χ2v) is 6.13. The minimum absolute atomic E-state index is 0.367. The standard InChI is InChI=1S/C18H12FN3O2S/c19-12-5-3-6-13(9-12)20-17(23)22-18-21-14(10-25-18)16-8-11-4-1-2-7-15(11)24-16/h1-10H,(H2,20,21,22,23). The first kappa shape index (κ1) is 15.3. The van der Waals surface area contributed by atoms with Gasteiger partial charge in [-0.15, -0.1) is 11.3 Å². The fourth-order valence-electron chi connectivity index (χ4n) is 2.38. The summed E-state index contributed by atoms with van der Waals surface area (Å²) in [6, 6.07) is 14.8. The number of halogens is 1. The second kappa shape index (κ2) is 6.37. The van der Waals surface area contributed by atoms with Gasteiger partial charge in [0.2, 0.25) is 0 Å². The van der Waals surface area contributed by atoms with E-state index in [0.717, 1.165) is 11.0 Å². The summed E-state index contributed by atoms with van der Waals surface area (Å²) in [7, 11) is 0. The van der Waals surface area contributed by atoms with E-state index in [4.69, 9.17) is 4.42 Å². The summed E-state index contributed by atoms with van der Waals surface area (Å²) in [4.78, 5) is 16.3. The van der Waals surface area contributed by atoms with Crippen molar-refractivity contribution in [2.45, 2.75) is 0 Å². The quantitative estimate of drug-likeness (QED) is 0.522. The van der Waals surface area contributed by atoms with Crippen molar-refractivity contribution in [1.29, 1.82) is 0 Å². The third kappa shape index (κ3) is 3.36. The SMILES string of the molecule is O=C(Nc1cccc(F)c1)Nc1nc(-c2cc3ccccc3o2)cs1. The van der Waals surface area contributed by atoms with Crippen LogP contribution in [0.5, 0.6) is 0 Å². The van der Waals surface area contributed by atoms with Gasteiger partial charge in [-0.1, -0.05) is 24.3 Å². The number of thiazole rings is 1. The van der Waals surface area contributed by atoms with Crippen LogP contribution < -0.4 is 10.6 Å². The van der Waals surface area contributed by atoms with Gasteiger partial charge in [-0.05, 0) is 30.3 Å². The number of nitrogens with one attached hydrogen (secondary N) is 2. The summed E-state index contributed by atoms with van der Waals surface area (Å²) in [5.41, 5.74) is 1.79. The molecule has 0 radical (unpaired) electrons. The first-order chi connectivity index (χ1) is 12.2. The molecule has 0 fully saturated rings. The molecule has 0 bridgehead atoms. The summed E-state index contributed by atoms with van der Waals surface area (Å²) in [6.45, 7) is 0. The van der Waals surface area contributed by atoms with E-state index in [1.54, 1.807) is 11.4 Å². The molecule has 2 aromatic carbocycles. The van der Waals surface area contributed by atoms with Gasteiger partial charge in [-0.3, -0.25) is 5.32 Å². The maximum absolute atomic E-state index is 13.1. The predicted molar refractivity (Wildman–Crippen MR) is 96.4 cm³/mol. The fourth-order valence-corrected chi connectivity index (χ4v) is 3.07. The zero-order chi connectivity index (χ0) is 17.2. The van der Waals surface area contributed by atoms with Gasteiger partial charge in [0.15, 0.2) is 10.9 Å². The maximum atomic E-state index is 13.1. The highest BCUT2D eigenvalue weighted by atomic mass is 32.1. The van der Waals surface area contributed by atoms with Crippen LogP contribution in [0.4, 0.5) is 20.0 Å². The third-order valence-electron chi connectivity index (χ3n) is 3.49. The third-order valence-corrected chi connectivity index (χ3v) is 4.24. The summed E-state index contributed by atoms with van der Waals surface area (Å²) in [5, 5.41) is 8.39. The van der Waals surface area contributed by atoms with Gasteiger partial charge in [0.05, 0.1) is 0 Å². The van der Waals surface area contributed by atoms with E-state index in [-0.39, 0.29) is 0 Å². The summed E-state index contributed by atoms with van der Waals surface area (Å²) >= 11 is 1.28. The number of nitrogens with zero attached hydrogens (tertiary/aromatic N) is 1. The number of para-hydroxylation sites is 1. The van der Waals surface area contributed by atoms with E-state index in [2.05, 4.69) is 15.6 Å². The number of amides is 2. The van der Waals surface area contributed by atoms with Crippen molar-refractivity contribution >= 4 is 39.2 Å². The lowest BCUT2D eigenvalue weighted by molar-refractivity contribution is 0.262. The van der Waals surface area contributed by atoms with Crippen molar-refractivity contribution in [3.8, 4) is 11.5 Å². The average Bonchev–Trinajstić information content (AvgIpc) is 3.20. The number of carbonyl (C=O) groups excluding carboxylic acids is 1. The van der Waals surface area contributed by atoms with Gasteiger partial charge in [-0.2, -0.15) is 0 Å². The molecule has 4 aromatic rings. The molecular formula is C18H12FN3O2S. The summed E-state index contributed by atoms with van der Waals surface area (Å²) in [6.07, 6.45) is 0. The molecule has 4 rings (SSSR count). The van der Waals surface area contributed by atoms with Crippen LogP contribution in [0.2, 0.25) is 0 Å². The molecule has 124 valence electrons. The van der Waals surface area contributed by atoms with Crippen molar-refractivity contribution in [2.75, 3.05) is 10.6 Å². The number of hydrogen-bond acceptors (Lipinski definition) is 4. The van der Waals surface area contributed by atoms with Gasteiger partial charge in [0.1, 0.15) is 17.1 Å². The van der Waals surface area contributed by atoms with Crippen molar-refractivity contribution in [3.63, 3.8) is 0 Å². The number of urea groups is 1. The van der Waals surface area contributed by atoms with Crippen LogP contribution in [0, 0.1) is 5.82 Å². The van der Waals surface area contributed by atoms with Crippen LogP contribution in [-0.2, 0) is 0 Å². The van der Waals surface area contributed by atoms with Crippen LogP contribution in [0.25, 0.3) is 22.4 Å². The average molecular weight is 353 g/mol. The van der Waals surface area contributed by atoms with E-state index < -0.39 is 11.8 Å². The minimum atomic E-state index is -0.490. The molecule has 0 aliphatic rings. The smallest absolute Gasteiger partial charge is 0.325 e. The van der Waals surface area contributed by atoms with Crippen LogP contribution in [-0.4, -0.2) is 11.0 Å². The molecule has 2 amide bonds. The van der Waals surface area contributed by atoms with E-state index in [0.29, 0.717) is 22.3 Å². The normalized spacial score (nSPS) is 10.8. The van der Waals surface area contributed by atoms with Crippen LogP contribution in [0.3, 0.4) is 0 Å². The Bertz CT molecular complexity index is 1020. The highest BCUT2D eigenvalue weighted by Crippen LogP contribution is 2.30. The molecule has 5 nitrogen and oxygen atoms in total. The molecule has 0 aliphatic heterocycles. The topological polar surface area (TPSA) is 67.2 Å². The van der Waals surface area contributed by atoms with Crippen molar-refractivity contribution in [2.24, 2.45) is 0 Å². The molecule has 0 atom stereocenters. The fraction of sp³-hybridized carbons (Fsp3) is 0. The van der Waals surface area contributed by atoms with E-state index >= 15 is 0 Å². The number of hydrogen-bond donors (Lipinski definition) is 2. The van der Waals surface area contributed by atoms with Gasteiger partial charge in [-0.25, -0.2) is 14.2 Å². The molecule has 0 saturated carbocycles. The Kier molecular flexibility index (Phi) is 3.91. The Morgan fingerprint density at radius 3 is 2.80 bits per heavy atom. The first-order valence-electron chi connectivity index (χ1n) is 7.45. The molecular weight excluding hydrogens is 341 g/mol.